The number of nitrogens with zero attached hydrogens (tertiary/aromatic N) is 1. The van der Waals surface area contributed by atoms with E-state index in [2.05, 4.69) is 0 Å². The number of ether oxygens (including phenoxy) is 2. The summed E-state index contributed by atoms with van der Waals surface area (Å²) >= 11 is 0. The van der Waals surface area contributed by atoms with Crippen LogP contribution in [0.2, 0.25) is 0 Å². The summed E-state index contributed by atoms with van der Waals surface area (Å²) in [6.45, 7) is 0.0933. The molecule has 0 saturated heterocycles. The van der Waals surface area contributed by atoms with Crippen LogP contribution in [0, 0.1) is 10.1 Å². The second kappa shape index (κ2) is 6.53. The van der Waals surface area contributed by atoms with Crippen LogP contribution >= 0.6 is 0 Å². The minimum Gasteiger partial charge on any atom is -0.488 e. The Hall–Kier alpha value is -2.60. The number of non-ortho nitro benzene ring substituents is 1. The minimum atomic E-state index is -0.656. The van der Waals surface area contributed by atoms with Crippen LogP contribution in [0.4, 0.5) is 5.69 Å². The molecule has 104 valence electrons. The van der Waals surface area contributed by atoms with E-state index in [0.29, 0.717) is 11.5 Å². The highest BCUT2D eigenvalue weighted by Crippen LogP contribution is 2.19. The summed E-state index contributed by atoms with van der Waals surface area (Å²) in [5.74, 6) is 1.02. The fraction of sp³-hybridized carbons (Fsp3) is 0.143. The molecule has 0 saturated carbocycles. The molecule has 2 aromatic rings. The van der Waals surface area contributed by atoms with Crippen molar-refractivity contribution in [1.82, 2.24) is 0 Å². The Bertz CT molecular complexity index is 574. The molecule has 0 aliphatic heterocycles. The first-order valence-electron chi connectivity index (χ1n) is 6.00. The number of nitro groups is 1. The average molecular weight is 274 g/mol. The summed E-state index contributed by atoms with van der Waals surface area (Å²) < 4.78 is 10.8. The number of hydrogen-bond acceptors (Lipinski definition) is 5. The number of nitro benzene ring substituents is 1. The van der Waals surface area contributed by atoms with E-state index < -0.39 is 11.2 Å². The van der Waals surface area contributed by atoms with Crippen LogP contribution in [0.15, 0.2) is 54.6 Å². The second-order valence-corrected chi connectivity index (χ2v) is 4.03. The van der Waals surface area contributed by atoms with Crippen LogP contribution in [0.5, 0.6) is 11.5 Å². The van der Waals surface area contributed by atoms with Crippen LogP contribution in [-0.2, 0) is 0 Å². The van der Waals surface area contributed by atoms with E-state index in [1.54, 1.807) is 24.3 Å². The third kappa shape index (κ3) is 3.96. The zero-order valence-electron chi connectivity index (χ0n) is 10.6. The Morgan fingerprint density at radius 3 is 2.50 bits per heavy atom. The zero-order valence-corrected chi connectivity index (χ0v) is 10.6. The first-order chi connectivity index (χ1) is 9.65. The van der Waals surface area contributed by atoms with Crippen molar-refractivity contribution >= 4 is 5.69 Å². The number of nitrogens with two attached hydrogens (primary N) is 1. The molecular formula is C14H14N2O4. The Morgan fingerprint density at radius 2 is 1.80 bits per heavy atom. The molecule has 2 aromatic carbocycles. The summed E-state index contributed by atoms with van der Waals surface area (Å²) in [5.41, 5.74) is 5.74. The van der Waals surface area contributed by atoms with Gasteiger partial charge < -0.3 is 9.47 Å². The summed E-state index contributed by atoms with van der Waals surface area (Å²) in [7, 11) is 0. The van der Waals surface area contributed by atoms with Crippen LogP contribution in [0.3, 0.4) is 0 Å². The molecule has 0 bridgehead atoms. The molecule has 1 unspecified atom stereocenters. The maximum atomic E-state index is 10.6. The molecule has 0 aliphatic carbocycles. The van der Waals surface area contributed by atoms with Crippen LogP contribution in [0.1, 0.15) is 0 Å². The van der Waals surface area contributed by atoms with Gasteiger partial charge in [0.25, 0.3) is 5.69 Å². The third-order valence-electron chi connectivity index (χ3n) is 2.47. The molecule has 2 N–H and O–H groups in total. The lowest BCUT2D eigenvalue weighted by atomic mass is 10.3. The highest BCUT2D eigenvalue weighted by Gasteiger charge is 2.09. The SMILES string of the molecule is NC(COc1cccc([N+](=O)[O-])c1)Oc1ccccc1. The van der Waals surface area contributed by atoms with Crippen molar-refractivity contribution in [3.63, 3.8) is 0 Å². The molecule has 0 fully saturated rings. The Morgan fingerprint density at radius 1 is 1.10 bits per heavy atom. The minimum absolute atomic E-state index is 0.0277. The van der Waals surface area contributed by atoms with Crippen molar-refractivity contribution < 1.29 is 14.4 Å². The summed E-state index contributed by atoms with van der Waals surface area (Å²) in [6.07, 6.45) is -0.656. The summed E-state index contributed by atoms with van der Waals surface area (Å²) in [5, 5.41) is 10.6. The van der Waals surface area contributed by atoms with Gasteiger partial charge in [-0.25, -0.2) is 0 Å². The number of hydrogen-bond donors (Lipinski definition) is 1. The Kier molecular flexibility index (Phi) is 4.52. The molecule has 6 heteroatoms. The van der Waals surface area contributed by atoms with Gasteiger partial charge in [0.2, 0.25) is 0 Å². The normalized spacial score (nSPS) is 11.7. The fourth-order valence-corrected chi connectivity index (χ4v) is 1.57. The van der Waals surface area contributed by atoms with Gasteiger partial charge in [-0.1, -0.05) is 24.3 Å². The van der Waals surface area contributed by atoms with Crippen LogP contribution in [-0.4, -0.2) is 17.8 Å². The van der Waals surface area contributed by atoms with Gasteiger partial charge >= 0.3 is 0 Å². The molecule has 6 nitrogen and oxygen atoms in total. The molecule has 0 heterocycles. The van der Waals surface area contributed by atoms with Gasteiger partial charge in [0, 0.05) is 6.07 Å². The van der Waals surface area contributed by atoms with Gasteiger partial charge in [0.15, 0.2) is 6.23 Å². The highest BCUT2D eigenvalue weighted by atomic mass is 16.6. The van der Waals surface area contributed by atoms with Crippen molar-refractivity contribution in [2.45, 2.75) is 6.23 Å². The van der Waals surface area contributed by atoms with E-state index in [4.69, 9.17) is 15.2 Å². The predicted molar refractivity (Wildman–Crippen MR) is 73.6 cm³/mol. The average Bonchev–Trinajstić information content (AvgIpc) is 2.46. The van der Waals surface area contributed by atoms with E-state index in [1.165, 1.54) is 12.1 Å². The Labute approximate surface area is 115 Å². The van der Waals surface area contributed by atoms with E-state index >= 15 is 0 Å². The van der Waals surface area contributed by atoms with Gasteiger partial charge in [0.05, 0.1) is 11.0 Å². The first-order valence-corrected chi connectivity index (χ1v) is 6.00. The third-order valence-corrected chi connectivity index (χ3v) is 2.47. The molecule has 0 aromatic heterocycles. The Balaban J connectivity index is 1.88. The molecule has 0 aliphatic rings. The molecule has 2 rings (SSSR count). The van der Waals surface area contributed by atoms with E-state index in [9.17, 15) is 10.1 Å². The van der Waals surface area contributed by atoms with Crippen molar-refractivity contribution in [1.29, 1.82) is 0 Å². The lowest BCUT2D eigenvalue weighted by molar-refractivity contribution is -0.384. The quantitative estimate of drug-likeness (QED) is 0.496. The molecular weight excluding hydrogens is 260 g/mol. The molecule has 0 spiro atoms. The van der Waals surface area contributed by atoms with Crippen molar-refractivity contribution in [2.24, 2.45) is 5.73 Å². The van der Waals surface area contributed by atoms with Crippen molar-refractivity contribution in [3.8, 4) is 11.5 Å². The van der Waals surface area contributed by atoms with E-state index in [0.717, 1.165) is 0 Å². The topological polar surface area (TPSA) is 87.6 Å². The highest BCUT2D eigenvalue weighted by molar-refractivity contribution is 5.37. The lowest BCUT2D eigenvalue weighted by Gasteiger charge is -2.15. The zero-order chi connectivity index (χ0) is 14.4. The number of benzene rings is 2. The molecule has 1 atom stereocenters. The van der Waals surface area contributed by atoms with Crippen molar-refractivity contribution in [2.75, 3.05) is 6.61 Å². The van der Waals surface area contributed by atoms with Gasteiger partial charge in [-0.05, 0) is 18.2 Å². The largest absolute Gasteiger partial charge is 0.488 e. The van der Waals surface area contributed by atoms with E-state index in [1.807, 2.05) is 18.2 Å². The standard InChI is InChI=1S/C14H14N2O4/c15-14(20-12-6-2-1-3-7-12)10-19-13-8-4-5-11(9-13)16(17)18/h1-9,14H,10,15H2. The van der Waals surface area contributed by atoms with Gasteiger partial charge in [-0.2, -0.15) is 0 Å². The van der Waals surface area contributed by atoms with Crippen LogP contribution in [0.25, 0.3) is 0 Å². The summed E-state index contributed by atoms with van der Waals surface area (Å²) in [4.78, 5) is 10.2. The van der Waals surface area contributed by atoms with Gasteiger partial charge in [-0.3, -0.25) is 15.8 Å². The molecule has 0 amide bonds. The maximum absolute atomic E-state index is 10.6. The summed E-state index contributed by atoms with van der Waals surface area (Å²) in [6, 6.07) is 15.0. The first kappa shape index (κ1) is 13.8. The van der Waals surface area contributed by atoms with Gasteiger partial charge in [-0.15, -0.1) is 0 Å². The number of rotatable bonds is 6. The number of para-hydroxylation sites is 1. The van der Waals surface area contributed by atoms with E-state index in [-0.39, 0.29) is 12.3 Å². The second-order valence-electron chi connectivity index (χ2n) is 4.03. The van der Waals surface area contributed by atoms with Crippen molar-refractivity contribution in [3.05, 3.63) is 64.7 Å². The van der Waals surface area contributed by atoms with Crippen LogP contribution < -0.4 is 15.2 Å². The smallest absolute Gasteiger partial charge is 0.273 e. The predicted octanol–water partition coefficient (Wildman–Crippen LogP) is 2.34. The lowest BCUT2D eigenvalue weighted by Crippen LogP contribution is -2.33. The fourth-order valence-electron chi connectivity index (χ4n) is 1.57. The molecule has 0 radical (unpaired) electrons. The van der Waals surface area contributed by atoms with Gasteiger partial charge in [0.1, 0.15) is 18.1 Å². The molecule has 20 heavy (non-hydrogen) atoms. The monoisotopic (exact) mass is 274 g/mol. The maximum Gasteiger partial charge on any atom is 0.273 e.